The average Bonchev–Trinajstić information content (AvgIpc) is 3.73. The predicted molar refractivity (Wildman–Crippen MR) is 164 cm³/mol. The monoisotopic (exact) mass is 557 g/mol. The molecule has 5 rings (SSSR count). The highest BCUT2D eigenvalue weighted by atomic mass is 16.6. The summed E-state index contributed by atoms with van der Waals surface area (Å²) in [7, 11) is 0. The molecule has 3 aromatic carbocycles. The zero-order valence-electron chi connectivity index (χ0n) is 23.6. The van der Waals surface area contributed by atoms with E-state index in [1.807, 2.05) is 104 Å². The van der Waals surface area contributed by atoms with Crippen LogP contribution < -0.4 is 0 Å². The minimum Gasteiger partial charge on any atom is -0.391 e. The Morgan fingerprint density at radius 1 is 0.881 bits per heavy atom. The van der Waals surface area contributed by atoms with Gasteiger partial charge in [0.2, 0.25) is 11.6 Å². The number of benzene rings is 3. The average molecular weight is 558 g/mol. The topological polar surface area (TPSA) is 99.4 Å². The van der Waals surface area contributed by atoms with E-state index in [0.717, 1.165) is 40.8 Å². The molecule has 0 aliphatic carbocycles. The molecule has 210 valence electrons. The Morgan fingerprint density at radius 3 is 2.33 bits per heavy atom. The third-order valence-corrected chi connectivity index (χ3v) is 6.32. The van der Waals surface area contributed by atoms with Gasteiger partial charge in [0.05, 0.1) is 5.71 Å². The molecule has 0 unspecified atom stereocenters. The van der Waals surface area contributed by atoms with E-state index >= 15 is 0 Å². The van der Waals surface area contributed by atoms with E-state index in [0.29, 0.717) is 34.6 Å². The van der Waals surface area contributed by atoms with Crippen LogP contribution in [0.15, 0.2) is 124 Å². The second-order valence-corrected chi connectivity index (χ2v) is 9.41. The normalized spacial score (nSPS) is 12.1. The van der Waals surface area contributed by atoms with Gasteiger partial charge in [-0.05, 0) is 48.7 Å². The van der Waals surface area contributed by atoms with Crippen molar-refractivity contribution >= 4 is 11.3 Å². The number of rotatable bonds is 12. The lowest BCUT2D eigenvalue weighted by Crippen LogP contribution is -2.02. The van der Waals surface area contributed by atoms with Crippen molar-refractivity contribution in [3.05, 3.63) is 127 Å². The first kappa shape index (κ1) is 28.2. The molecule has 0 bridgehead atoms. The van der Waals surface area contributed by atoms with Gasteiger partial charge in [-0.2, -0.15) is 9.97 Å². The van der Waals surface area contributed by atoms with Crippen LogP contribution in [0.3, 0.4) is 0 Å². The zero-order valence-corrected chi connectivity index (χ0v) is 23.6. The molecule has 5 aromatic rings. The van der Waals surface area contributed by atoms with E-state index in [9.17, 15) is 0 Å². The van der Waals surface area contributed by atoms with Crippen molar-refractivity contribution in [1.82, 2.24) is 20.3 Å². The van der Waals surface area contributed by atoms with E-state index in [-0.39, 0.29) is 6.61 Å². The first-order chi connectivity index (χ1) is 20.7. The molecule has 0 saturated carbocycles. The van der Waals surface area contributed by atoms with Gasteiger partial charge in [0.15, 0.2) is 0 Å². The molecule has 2 heterocycles. The number of aromatic nitrogens is 4. The Bertz CT molecular complexity index is 1720. The maximum atomic E-state index is 5.88. The largest absolute Gasteiger partial charge is 0.391 e. The Hall–Kier alpha value is -5.37. The summed E-state index contributed by atoms with van der Waals surface area (Å²) in [6.45, 7) is 8.13. The lowest BCUT2D eigenvalue weighted by molar-refractivity contribution is 0.130. The summed E-state index contributed by atoms with van der Waals surface area (Å²) in [5.74, 6) is 1.63. The van der Waals surface area contributed by atoms with Gasteiger partial charge in [-0.15, -0.1) is 0 Å². The highest BCUT2D eigenvalue weighted by Gasteiger charge is 2.17. The second-order valence-electron chi connectivity index (χ2n) is 9.41. The molecule has 42 heavy (non-hydrogen) atoms. The molecule has 0 atom stereocenters. The van der Waals surface area contributed by atoms with Gasteiger partial charge in [0, 0.05) is 22.3 Å². The Labute approximate surface area is 244 Å². The van der Waals surface area contributed by atoms with Crippen molar-refractivity contribution in [3.8, 4) is 34.2 Å². The third-order valence-electron chi connectivity index (χ3n) is 6.32. The van der Waals surface area contributed by atoms with Gasteiger partial charge in [0.25, 0.3) is 11.8 Å². The van der Waals surface area contributed by atoms with Crippen molar-refractivity contribution in [1.29, 1.82) is 0 Å². The van der Waals surface area contributed by atoms with E-state index in [4.69, 9.17) is 13.9 Å². The van der Waals surface area contributed by atoms with Gasteiger partial charge in [-0.1, -0.05) is 114 Å². The van der Waals surface area contributed by atoms with Gasteiger partial charge in [0.1, 0.15) is 6.61 Å². The molecular weight excluding hydrogens is 526 g/mol. The van der Waals surface area contributed by atoms with E-state index in [2.05, 4.69) is 38.9 Å². The Morgan fingerprint density at radius 2 is 1.60 bits per heavy atom. The number of oxime groups is 1. The summed E-state index contributed by atoms with van der Waals surface area (Å²) in [5.41, 5.74) is 5.74. The lowest BCUT2D eigenvalue weighted by atomic mass is 10.1. The maximum Gasteiger partial charge on any atom is 0.258 e. The van der Waals surface area contributed by atoms with Gasteiger partial charge in [-0.3, -0.25) is 0 Å². The van der Waals surface area contributed by atoms with Crippen LogP contribution in [0.25, 0.3) is 39.8 Å². The fourth-order valence-corrected chi connectivity index (χ4v) is 4.25. The first-order valence-electron chi connectivity index (χ1n) is 13.8. The smallest absolute Gasteiger partial charge is 0.258 e. The van der Waals surface area contributed by atoms with Crippen LogP contribution >= 0.6 is 0 Å². The van der Waals surface area contributed by atoms with Gasteiger partial charge in [-0.25, -0.2) is 0 Å². The molecule has 0 spiro atoms. The predicted octanol–water partition coefficient (Wildman–Crippen LogP) is 8.32. The molecular formula is C34H31N5O3. The fraction of sp³-hybridized carbons (Fsp3) is 0.147. The molecule has 0 radical (unpaired) electrons. The quantitative estimate of drug-likeness (QED) is 0.0864. The highest BCUT2D eigenvalue weighted by Crippen LogP contribution is 2.29. The summed E-state index contributed by atoms with van der Waals surface area (Å²) in [6, 6.07) is 25.5. The standard InChI is InChI=1S/C34H31N5O3/c1-4-7-15-25(6-3)33-36-32(39-41-33)28-20-24(23-40-37-30(14-5-2)26-16-10-8-11-17-26)21-29(22-28)34-35-31(38-42-34)27-18-12-9-13-19-27/h4,6-13,15-22H,3,5,14,23H2,1-2H3/b7-4-,25-15+,37-30+. The number of hydrogen-bond acceptors (Lipinski definition) is 8. The van der Waals surface area contributed by atoms with Crippen molar-refractivity contribution in [2.24, 2.45) is 5.16 Å². The minimum absolute atomic E-state index is 0.213. The molecule has 0 aliphatic rings. The van der Waals surface area contributed by atoms with Crippen LogP contribution in [0.5, 0.6) is 0 Å². The van der Waals surface area contributed by atoms with Crippen LogP contribution in [0.4, 0.5) is 0 Å². The SMILES string of the molecule is C=C/C(=C\C=C/C)c1nc(-c2cc(CO/N=C(\CCC)c3ccccc3)cc(-c3nc(-c4ccccc4)no3)c2)no1. The molecule has 0 aliphatic heterocycles. The third kappa shape index (κ3) is 6.85. The summed E-state index contributed by atoms with van der Waals surface area (Å²) in [5, 5.41) is 12.9. The maximum absolute atomic E-state index is 5.88. The van der Waals surface area contributed by atoms with Crippen LogP contribution in [0, 0.1) is 0 Å². The minimum atomic E-state index is 0.213. The molecule has 8 nitrogen and oxygen atoms in total. The van der Waals surface area contributed by atoms with Crippen LogP contribution in [0.1, 0.15) is 43.7 Å². The second kappa shape index (κ2) is 13.8. The molecule has 0 fully saturated rings. The number of allylic oxidation sites excluding steroid dienone is 5. The van der Waals surface area contributed by atoms with E-state index in [1.165, 1.54) is 0 Å². The zero-order chi connectivity index (χ0) is 29.1. The van der Waals surface area contributed by atoms with E-state index < -0.39 is 0 Å². The Balaban J connectivity index is 1.49. The number of nitrogens with zero attached hydrogens (tertiary/aromatic N) is 5. The molecule has 0 N–H and O–H groups in total. The molecule has 0 amide bonds. The molecule has 2 aromatic heterocycles. The molecule has 8 heteroatoms. The first-order valence-corrected chi connectivity index (χ1v) is 13.8. The lowest BCUT2D eigenvalue weighted by Gasteiger charge is -2.08. The van der Waals surface area contributed by atoms with Crippen molar-refractivity contribution < 1.29 is 13.9 Å². The fourth-order valence-electron chi connectivity index (χ4n) is 4.25. The summed E-state index contributed by atoms with van der Waals surface area (Å²) in [4.78, 5) is 15.1. The van der Waals surface area contributed by atoms with Crippen molar-refractivity contribution in [2.45, 2.75) is 33.3 Å². The number of hydrogen-bond donors (Lipinski definition) is 0. The van der Waals surface area contributed by atoms with Crippen LogP contribution in [0.2, 0.25) is 0 Å². The van der Waals surface area contributed by atoms with Crippen LogP contribution in [-0.4, -0.2) is 26.0 Å². The van der Waals surface area contributed by atoms with Crippen molar-refractivity contribution in [2.75, 3.05) is 0 Å². The van der Waals surface area contributed by atoms with Gasteiger partial charge >= 0.3 is 0 Å². The van der Waals surface area contributed by atoms with Crippen LogP contribution in [-0.2, 0) is 11.4 Å². The summed E-state index contributed by atoms with van der Waals surface area (Å²) >= 11 is 0. The van der Waals surface area contributed by atoms with E-state index in [1.54, 1.807) is 6.08 Å². The van der Waals surface area contributed by atoms with Gasteiger partial charge < -0.3 is 13.9 Å². The molecule has 0 saturated heterocycles. The summed E-state index contributed by atoms with van der Waals surface area (Å²) in [6.07, 6.45) is 9.10. The van der Waals surface area contributed by atoms with Crippen molar-refractivity contribution in [3.63, 3.8) is 0 Å². The summed E-state index contributed by atoms with van der Waals surface area (Å²) < 4.78 is 11.2. The highest BCUT2D eigenvalue weighted by molar-refractivity contribution is 6.00. The Kier molecular flexibility index (Phi) is 9.26.